The first kappa shape index (κ1) is 36.0. The van der Waals surface area contributed by atoms with Crippen LogP contribution in [0.2, 0.25) is 0 Å². The van der Waals surface area contributed by atoms with Gasteiger partial charge in [0.25, 0.3) is 0 Å². The van der Waals surface area contributed by atoms with Crippen molar-refractivity contribution in [3.8, 4) is 0 Å². The van der Waals surface area contributed by atoms with Crippen LogP contribution in [0, 0.1) is 0 Å². The quantitative estimate of drug-likeness (QED) is 0.0640. The van der Waals surface area contributed by atoms with Crippen molar-refractivity contribution in [2.45, 2.75) is 140 Å². The molecule has 1 saturated heterocycles. The van der Waals surface area contributed by atoms with Crippen LogP contribution in [0.4, 0.5) is 0 Å². The first-order valence-electron chi connectivity index (χ1n) is 15.3. The van der Waals surface area contributed by atoms with E-state index in [4.69, 9.17) is 18.9 Å². The normalized spacial score (nSPS) is 27.0. The van der Waals surface area contributed by atoms with Gasteiger partial charge in [0, 0.05) is 6.42 Å². The minimum absolute atomic E-state index is 0.169. The van der Waals surface area contributed by atoms with E-state index in [-0.39, 0.29) is 6.42 Å². The first-order chi connectivity index (χ1) is 20.2. The van der Waals surface area contributed by atoms with Gasteiger partial charge >= 0.3 is 11.9 Å². The van der Waals surface area contributed by atoms with Gasteiger partial charge in [-0.15, -0.1) is 0 Å². The highest BCUT2D eigenvalue weighted by Gasteiger charge is 2.48. The monoisotopic (exact) mass is 602 g/mol. The summed E-state index contributed by atoms with van der Waals surface area (Å²) in [7, 11) is 0. The molecule has 0 aromatic heterocycles. The SMILES string of the molecule is CCCCCCCC/C=C\CCCCCCCC(=O)OC[C@H](O)[C@H]1OC(=O)C(OC2O[C@H](CO)[C@@H](O)[C@H](O)[C@H]2O)=C1O. The molecule has 1 fully saturated rings. The van der Waals surface area contributed by atoms with Gasteiger partial charge in [0.15, 0.2) is 11.9 Å². The van der Waals surface area contributed by atoms with E-state index >= 15 is 0 Å². The van der Waals surface area contributed by atoms with Crippen LogP contribution in [0.1, 0.15) is 96.8 Å². The lowest BCUT2D eigenvalue weighted by Crippen LogP contribution is -2.59. The van der Waals surface area contributed by atoms with Crippen molar-refractivity contribution in [3.63, 3.8) is 0 Å². The Labute approximate surface area is 247 Å². The predicted octanol–water partition coefficient (Wildman–Crippen LogP) is 2.44. The lowest BCUT2D eigenvalue weighted by Gasteiger charge is -2.39. The third-order valence-electron chi connectivity index (χ3n) is 7.41. The fourth-order valence-electron chi connectivity index (χ4n) is 4.79. The predicted molar refractivity (Wildman–Crippen MR) is 151 cm³/mol. The van der Waals surface area contributed by atoms with E-state index in [0.29, 0.717) is 6.42 Å². The number of rotatable bonds is 21. The summed E-state index contributed by atoms with van der Waals surface area (Å²) < 4.78 is 20.3. The van der Waals surface area contributed by atoms with Crippen LogP contribution < -0.4 is 0 Å². The maximum Gasteiger partial charge on any atom is 0.378 e. The molecule has 0 aromatic carbocycles. The van der Waals surface area contributed by atoms with Gasteiger partial charge in [-0.05, 0) is 32.1 Å². The molecule has 242 valence electrons. The molecule has 2 rings (SSSR count). The molecule has 2 aliphatic rings. The number of carbonyl (C=O) groups is 2. The van der Waals surface area contributed by atoms with Crippen LogP contribution in [-0.4, -0.2) is 98.7 Å². The maximum atomic E-state index is 12.2. The molecule has 42 heavy (non-hydrogen) atoms. The third kappa shape index (κ3) is 11.8. The van der Waals surface area contributed by atoms with E-state index in [0.717, 1.165) is 38.5 Å². The first-order valence-corrected chi connectivity index (χ1v) is 15.3. The van der Waals surface area contributed by atoms with E-state index in [2.05, 4.69) is 19.1 Å². The number of hydrogen-bond donors (Lipinski definition) is 6. The molecule has 0 amide bonds. The summed E-state index contributed by atoms with van der Waals surface area (Å²) in [5.74, 6) is -3.33. The Morgan fingerprint density at radius 3 is 2.12 bits per heavy atom. The van der Waals surface area contributed by atoms with Crippen molar-refractivity contribution in [1.29, 1.82) is 0 Å². The summed E-state index contributed by atoms with van der Waals surface area (Å²) >= 11 is 0. The number of esters is 2. The van der Waals surface area contributed by atoms with Crippen LogP contribution in [0.3, 0.4) is 0 Å². The number of cyclic esters (lactones) is 1. The number of aliphatic hydroxyl groups is 6. The van der Waals surface area contributed by atoms with Gasteiger partial charge in [-0.25, -0.2) is 4.79 Å². The molecule has 0 saturated carbocycles. The highest BCUT2D eigenvalue weighted by atomic mass is 16.7. The summed E-state index contributed by atoms with van der Waals surface area (Å²) in [6.07, 6.45) is 8.07. The summed E-state index contributed by atoms with van der Waals surface area (Å²) in [4.78, 5) is 24.3. The summed E-state index contributed by atoms with van der Waals surface area (Å²) in [6, 6.07) is 0. The smallest absolute Gasteiger partial charge is 0.378 e. The van der Waals surface area contributed by atoms with Gasteiger partial charge in [0.2, 0.25) is 12.0 Å². The van der Waals surface area contributed by atoms with Crippen molar-refractivity contribution in [2.24, 2.45) is 0 Å². The largest absolute Gasteiger partial charge is 0.505 e. The van der Waals surface area contributed by atoms with Crippen molar-refractivity contribution >= 4 is 11.9 Å². The molecule has 0 bridgehead atoms. The highest BCUT2D eigenvalue weighted by Crippen LogP contribution is 2.29. The zero-order valence-electron chi connectivity index (χ0n) is 24.6. The number of ether oxygens (including phenoxy) is 4. The molecule has 0 aromatic rings. The average molecular weight is 603 g/mol. The Morgan fingerprint density at radius 2 is 1.50 bits per heavy atom. The molecule has 12 heteroatoms. The molecule has 2 heterocycles. The average Bonchev–Trinajstić information content (AvgIpc) is 3.26. The number of hydrogen-bond acceptors (Lipinski definition) is 12. The minimum atomic E-state index is -1.82. The molecule has 0 aliphatic carbocycles. The Balaban J connectivity index is 1.60. The molecular weight excluding hydrogens is 552 g/mol. The molecule has 1 unspecified atom stereocenters. The fourth-order valence-corrected chi connectivity index (χ4v) is 4.79. The van der Waals surface area contributed by atoms with Crippen molar-refractivity contribution in [1.82, 2.24) is 0 Å². The van der Waals surface area contributed by atoms with E-state index in [1.807, 2.05) is 0 Å². The number of carbonyl (C=O) groups excluding carboxylic acids is 2. The Kier molecular flexibility index (Phi) is 17.0. The lowest BCUT2D eigenvalue weighted by atomic mass is 9.99. The van der Waals surface area contributed by atoms with Crippen molar-refractivity contribution in [2.75, 3.05) is 13.2 Å². The van der Waals surface area contributed by atoms with Crippen molar-refractivity contribution < 1.29 is 59.2 Å². The molecular formula is C30H50O12. The van der Waals surface area contributed by atoms with Crippen LogP contribution >= 0.6 is 0 Å². The molecule has 6 N–H and O–H groups in total. The third-order valence-corrected chi connectivity index (χ3v) is 7.41. The number of allylic oxidation sites excluding steroid dienone is 2. The van der Waals surface area contributed by atoms with Gasteiger partial charge in [0.05, 0.1) is 6.61 Å². The van der Waals surface area contributed by atoms with E-state index in [1.165, 1.54) is 38.5 Å². The van der Waals surface area contributed by atoms with Gasteiger partial charge < -0.3 is 49.6 Å². The molecule has 2 aliphatic heterocycles. The standard InChI is InChI=1S/C30H50O12/c1-2-3-4-5-6-7-8-9-10-11-12-13-14-15-16-17-22(33)39-19-20(32)27-26(37)28(29(38)41-27)42-30-25(36)24(35)23(34)21(18-31)40-30/h9-10,20-21,23-25,27,30-32,34-37H,2-8,11-19H2,1H3/b10-9-/t20-,21+,23+,24-,25+,27+,30?/m0/s1. The van der Waals surface area contributed by atoms with Gasteiger partial charge in [-0.1, -0.05) is 70.4 Å². The second kappa shape index (κ2) is 19.9. The van der Waals surface area contributed by atoms with Gasteiger partial charge in [0.1, 0.15) is 37.1 Å². The van der Waals surface area contributed by atoms with Crippen LogP contribution in [0.15, 0.2) is 23.7 Å². The minimum Gasteiger partial charge on any atom is -0.505 e. The Morgan fingerprint density at radius 1 is 0.905 bits per heavy atom. The number of unbranched alkanes of at least 4 members (excludes halogenated alkanes) is 11. The van der Waals surface area contributed by atoms with E-state index < -0.39 is 79.6 Å². The van der Waals surface area contributed by atoms with Gasteiger partial charge in [-0.2, -0.15) is 0 Å². The summed E-state index contributed by atoms with van der Waals surface area (Å²) in [5, 5.41) is 59.7. The summed E-state index contributed by atoms with van der Waals surface area (Å²) in [6.45, 7) is 0.967. The van der Waals surface area contributed by atoms with Crippen LogP contribution in [0.25, 0.3) is 0 Å². The lowest BCUT2D eigenvalue weighted by molar-refractivity contribution is -0.291. The Hall–Kier alpha value is -2.22. The second-order valence-electron chi connectivity index (χ2n) is 10.9. The topological polar surface area (TPSA) is 192 Å². The molecule has 0 radical (unpaired) electrons. The second-order valence-corrected chi connectivity index (χ2v) is 10.9. The highest BCUT2D eigenvalue weighted by molar-refractivity contribution is 5.89. The van der Waals surface area contributed by atoms with Crippen LogP contribution in [0.5, 0.6) is 0 Å². The van der Waals surface area contributed by atoms with E-state index in [1.54, 1.807) is 0 Å². The molecule has 7 atom stereocenters. The van der Waals surface area contributed by atoms with Crippen LogP contribution in [-0.2, 0) is 28.5 Å². The molecule has 12 nitrogen and oxygen atoms in total. The summed E-state index contributed by atoms with van der Waals surface area (Å²) in [5.41, 5.74) is 0. The molecule has 0 spiro atoms. The van der Waals surface area contributed by atoms with Crippen molar-refractivity contribution in [3.05, 3.63) is 23.7 Å². The zero-order chi connectivity index (χ0) is 30.9. The number of aliphatic hydroxyl groups excluding tert-OH is 6. The zero-order valence-corrected chi connectivity index (χ0v) is 24.6. The Bertz CT molecular complexity index is 857. The fraction of sp³-hybridized carbons (Fsp3) is 0.800. The van der Waals surface area contributed by atoms with E-state index in [9.17, 15) is 40.2 Å². The maximum absolute atomic E-state index is 12.2. The van der Waals surface area contributed by atoms with Gasteiger partial charge in [-0.3, -0.25) is 4.79 Å².